The molecule has 0 atom stereocenters. The van der Waals surface area contributed by atoms with Crippen molar-refractivity contribution in [3.63, 3.8) is 0 Å². The summed E-state index contributed by atoms with van der Waals surface area (Å²) >= 11 is 9.41. The van der Waals surface area contributed by atoms with Gasteiger partial charge in [-0.2, -0.15) is 0 Å². The molecule has 0 aliphatic carbocycles. The Bertz CT molecular complexity index is 732. The zero-order chi connectivity index (χ0) is 15.6. The second kappa shape index (κ2) is 6.28. The van der Waals surface area contributed by atoms with Crippen molar-refractivity contribution < 1.29 is 9.59 Å². The van der Waals surface area contributed by atoms with E-state index in [1.54, 1.807) is 12.1 Å². The number of anilines is 1. The molecule has 3 N–H and O–H groups in total. The lowest BCUT2D eigenvalue weighted by molar-refractivity contribution is 0.0996. The summed E-state index contributed by atoms with van der Waals surface area (Å²) in [5.41, 5.74) is 7.18. The lowest BCUT2D eigenvalue weighted by Crippen LogP contribution is -2.15. The summed E-state index contributed by atoms with van der Waals surface area (Å²) in [5, 5.41) is 3.02. The van der Waals surface area contributed by atoms with Crippen LogP contribution < -0.4 is 11.1 Å². The van der Waals surface area contributed by atoms with Gasteiger partial charge in [-0.3, -0.25) is 9.59 Å². The van der Waals surface area contributed by atoms with E-state index in [2.05, 4.69) is 21.2 Å². The van der Waals surface area contributed by atoms with E-state index < -0.39 is 5.91 Å². The molecule has 2 aromatic carbocycles. The van der Waals surface area contributed by atoms with Crippen LogP contribution in [-0.4, -0.2) is 11.8 Å². The molecule has 4 nitrogen and oxygen atoms in total. The second-order valence-electron chi connectivity index (χ2n) is 4.43. The third kappa shape index (κ3) is 3.43. The highest BCUT2D eigenvalue weighted by molar-refractivity contribution is 9.10. The van der Waals surface area contributed by atoms with Crippen molar-refractivity contribution in [1.82, 2.24) is 0 Å². The minimum absolute atomic E-state index is 0.278. The maximum absolute atomic E-state index is 12.3. The van der Waals surface area contributed by atoms with Crippen molar-refractivity contribution in [1.29, 1.82) is 0 Å². The Morgan fingerprint density at radius 3 is 2.62 bits per heavy atom. The van der Waals surface area contributed by atoms with Crippen molar-refractivity contribution in [2.45, 2.75) is 6.92 Å². The second-order valence-corrected chi connectivity index (χ2v) is 5.69. The summed E-state index contributed by atoms with van der Waals surface area (Å²) in [7, 11) is 0. The molecular weight excluding hydrogens is 356 g/mol. The van der Waals surface area contributed by atoms with Gasteiger partial charge in [-0.15, -0.1) is 0 Å². The molecule has 2 aromatic rings. The number of rotatable bonds is 3. The fourth-order valence-corrected chi connectivity index (χ4v) is 2.35. The number of nitrogens with one attached hydrogen (secondary N) is 1. The van der Waals surface area contributed by atoms with Crippen LogP contribution in [0.3, 0.4) is 0 Å². The fraction of sp³-hybridized carbons (Fsp3) is 0.0667. The van der Waals surface area contributed by atoms with Crippen molar-refractivity contribution in [2.24, 2.45) is 5.73 Å². The molecule has 0 fully saturated rings. The van der Waals surface area contributed by atoms with Crippen molar-refractivity contribution >= 4 is 45.0 Å². The predicted molar refractivity (Wildman–Crippen MR) is 86.8 cm³/mol. The summed E-state index contributed by atoms with van der Waals surface area (Å²) < 4.78 is 0.840. The average molecular weight is 368 g/mol. The summed E-state index contributed by atoms with van der Waals surface area (Å²) in [6.45, 7) is 1.83. The van der Waals surface area contributed by atoms with E-state index in [1.807, 2.05) is 13.0 Å². The number of nitrogens with two attached hydrogens (primary N) is 1. The maximum Gasteiger partial charge on any atom is 0.256 e. The molecule has 0 unspecified atom stereocenters. The molecule has 2 amide bonds. The average Bonchev–Trinajstić information content (AvgIpc) is 2.43. The number of hydrogen-bond donors (Lipinski definition) is 2. The summed E-state index contributed by atoms with van der Waals surface area (Å²) in [5.74, 6) is -0.891. The number of amides is 2. The van der Waals surface area contributed by atoms with E-state index in [9.17, 15) is 9.59 Å². The molecule has 0 bridgehead atoms. The molecular formula is C15H12BrClN2O2. The van der Waals surface area contributed by atoms with Gasteiger partial charge in [0, 0.05) is 15.6 Å². The Kier molecular flexibility index (Phi) is 4.65. The third-order valence-electron chi connectivity index (χ3n) is 3.01. The minimum atomic E-state index is -0.583. The van der Waals surface area contributed by atoms with Gasteiger partial charge in [0.15, 0.2) is 0 Å². The quantitative estimate of drug-likeness (QED) is 0.867. The lowest BCUT2D eigenvalue weighted by atomic mass is 10.1. The predicted octanol–water partition coefficient (Wildman–Crippen LogP) is 3.76. The van der Waals surface area contributed by atoms with Crippen molar-refractivity contribution in [3.05, 3.63) is 62.6 Å². The van der Waals surface area contributed by atoms with E-state index in [-0.39, 0.29) is 11.5 Å². The zero-order valence-electron chi connectivity index (χ0n) is 11.1. The molecule has 108 valence electrons. The highest BCUT2D eigenvalue weighted by Crippen LogP contribution is 2.25. The normalized spacial score (nSPS) is 10.2. The highest BCUT2D eigenvalue weighted by Gasteiger charge is 2.13. The highest BCUT2D eigenvalue weighted by atomic mass is 79.9. The molecule has 0 aliphatic heterocycles. The van der Waals surface area contributed by atoms with Crippen LogP contribution in [0.5, 0.6) is 0 Å². The minimum Gasteiger partial charge on any atom is -0.366 e. The molecule has 0 aliphatic rings. The molecule has 0 spiro atoms. The molecule has 21 heavy (non-hydrogen) atoms. The number of hydrogen-bond acceptors (Lipinski definition) is 2. The number of carbonyl (C=O) groups is 2. The molecule has 0 saturated heterocycles. The van der Waals surface area contributed by atoms with Crippen LogP contribution in [0.2, 0.25) is 5.02 Å². The molecule has 0 aromatic heterocycles. The van der Waals surface area contributed by atoms with Gasteiger partial charge < -0.3 is 11.1 Å². The summed E-state index contributed by atoms with van der Waals surface area (Å²) in [6.07, 6.45) is 0. The molecule has 0 heterocycles. The van der Waals surface area contributed by atoms with Crippen LogP contribution in [0, 0.1) is 6.92 Å². The van der Waals surface area contributed by atoms with Gasteiger partial charge in [0.25, 0.3) is 5.91 Å². The van der Waals surface area contributed by atoms with Gasteiger partial charge in [-0.25, -0.2) is 0 Å². The van der Waals surface area contributed by atoms with E-state index in [1.165, 1.54) is 18.2 Å². The molecule has 2 rings (SSSR count). The maximum atomic E-state index is 12.3. The van der Waals surface area contributed by atoms with Gasteiger partial charge in [-0.05, 0) is 42.8 Å². The molecule has 6 heteroatoms. The van der Waals surface area contributed by atoms with E-state index in [4.69, 9.17) is 17.3 Å². The first-order chi connectivity index (χ1) is 9.90. The Morgan fingerprint density at radius 2 is 1.95 bits per heavy atom. The van der Waals surface area contributed by atoms with Crippen LogP contribution in [0.4, 0.5) is 5.69 Å². The van der Waals surface area contributed by atoms with E-state index in [0.717, 1.165) is 10.0 Å². The summed E-state index contributed by atoms with van der Waals surface area (Å²) in [6, 6.07) is 9.81. The van der Waals surface area contributed by atoms with Gasteiger partial charge in [0.1, 0.15) is 0 Å². The van der Waals surface area contributed by atoms with E-state index >= 15 is 0 Å². The van der Waals surface area contributed by atoms with Crippen LogP contribution in [0.25, 0.3) is 0 Å². The smallest absolute Gasteiger partial charge is 0.256 e. The first-order valence-electron chi connectivity index (χ1n) is 6.06. The fourth-order valence-electron chi connectivity index (χ4n) is 1.82. The molecule has 0 saturated carbocycles. The standard InChI is InChI=1S/C15H12BrClN2O2/c1-8-10(3-2-4-11(8)16)15(21)19-13-7-9(14(18)20)5-6-12(13)17/h2-7H,1H3,(H2,18,20)(H,19,21). The number of carbonyl (C=O) groups excluding carboxylic acids is 2. The Morgan fingerprint density at radius 1 is 1.24 bits per heavy atom. The SMILES string of the molecule is Cc1c(Br)cccc1C(=O)Nc1cc(C(N)=O)ccc1Cl. The molecule has 0 radical (unpaired) electrons. The monoisotopic (exact) mass is 366 g/mol. The number of halogens is 2. The van der Waals surface area contributed by atoms with Crippen molar-refractivity contribution in [3.8, 4) is 0 Å². The van der Waals surface area contributed by atoms with Gasteiger partial charge in [0.05, 0.1) is 10.7 Å². The summed E-state index contributed by atoms with van der Waals surface area (Å²) in [4.78, 5) is 23.5. The largest absolute Gasteiger partial charge is 0.366 e. The van der Waals surface area contributed by atoms with Crippen LogP contribution in [0.15, 0.2) is 40.9 Å². The Hall–Kier alpha value is -1.85. The van der Waals surface area contributed by atoms with Gasteiger partial charge in [-0.1, -0.05) is 33.6 Å². The first kappa shape index (κ1) is 15.5. The number of benzene rings is 2. The first-order valence-corrected chi connectivity index (χ1v) is 7.23. The van der Waals surface area contributed by atoms with Crippen LogP contribution in [0.1, 0.15) is 26.3 Å². The lowest BCUT2D eigenvalue weighted by Gasteiger charge is -2.11. The van der Waals surface area contributed by atoms with Crippen LogP contribution in [-0.2, 0) is 0 Å². The van der Waals surface area contributed by atoms with Gasteiger partial charge >= 0.3 is 0 Å². The topological polar surface area (TPSA) is 72.2 Å². The van der Waals surface area contributed by atoms with Crippen LogP contribution >= 0.6 is 27.5 Å². The van der Waals surface area contributed by atoms with E-state index in [0.29, 0.717) is 16.3 Å². The number of primary amides is 1. The van der Waals surface area contributed by atoms with Gasteiger partial charge in [0.2, 0.25) is 5.91 Å². The Balaban J connectivity index is 2.33. The van der Waals surface area contributed by atoms with Crippen molar-refractivity contribution in [2.75, 3.05) is 5.32 Å². The third-order valence-corrected chi connectivity index (χ3v) is 4.20. The zero-order valence-corrected chi connectivity index (χ0v) is 13.5. The Labute approximate surface area is 135 Å².